The number of amides is 2. The van der Waals surface area contributed by atoms with Crippen LogP contribution in [-0.4, -0.2) is 50.0 Å². The topological polar surface area (TPSA) is 67.4 Å². The van der Waals surface area contributed by atoms with Gasteiger partial charge < -0.3 is 15.4 Å². The summed E-state index contributed by atoms with van der Waals surface area (Å²) in [5.74, 6) is -7.58. The molecule has 0 saturated carbocycles. The molecular weight excluding hydrogens is 621 g/mol. The third-order valence-electron chi connectivity index (χ3n) is 5.35. The lowest BCUT2D eigenvalue weighted by molar-refractivity contribution is -0.153. The highest BCUT2D eigenvalue weighted by Gasteiger charge is 2.41. The Morgan fingerprint density at radius 2 is 1.64 bits per heavy atom. The second-order valence-electron chi connectivity index (χ2n) is 8.56. The van der Waals surface area contributed by atoms with Crippen molar-refractivity contribution in [3.05, 3.63) is 69.8 Å². The first kappa shape index (κ1) is 34.6. The predicted octanol–water partition coefficient (Wildman–Crippen LogP) is 7.16. The third-order valence-corrected chi connectivity index (χ3v) is 5.65. The van der Waals surface area contributed by atoms with Gasteiger partial charge in [-0.05, 0) is 42.8 Å². The van der Waals surface area contributed by atoms with Crippen molar-refractivity contribution in [1.82, 2.24) is 10.6 Å². The molecule has 0 saturated heterocycles. The van der Waals surface area contributed by atoms with Crippen LogP contribution in [0.3, 0.4) is 0 Å². The fraction of sp³-hybridized carbons (Fsp3) is 0.360. The monoisotopic (exact) mass is 640 g/mol. The summed E-state index contributed by atoms with van der Waals surface area (Å²) in [6.45, 7) is -2.08. The fourth-order valence-corrected chi connectivity index (χ4v) is 3.64. The largest absolute Gasteiger partial charge is 0.483 e. The number of ether oxygens (including phenoxy) is 1. The number of carbonyl (C=O) groups excluding carboxylic acids is 2. The first-order valence-corrected chi connectivity index (χ1v) is 11.9. The van der Waals surface area contributed by atoms with Crippen LogP contribution >= 0.6 is 11.6 Å². The molecule has 0 heterocycles. The van der Waals surface area contributed by atoms with E-state index in [1.54, 1.807) is 0 Å². The van der Waals surface area contributed by atoms with Gasteiger partial charge in [0.05, 0.1) is 16.1 Å². The van der Waals surface area contributed by atoms with Crippen LogP contribution in [0.4, 0.5) is 48.3 Å². The van der Waals surface area contributed by atoms with E-state index < -0.39 is 101 Å². The summed E-state index contributed by atoms with van der Waals surface area (Å²) in [6, 6.07) is 1.65. The molecule has 17 heteroatoms. The van der Waals surface area contributed by atoms with Crippen LogP contribution in [0.2, 0.25) is 5.02 Å². The Labute approximate surface area is 235 Å². The van der Waals surface area contributed by atoms with Gasteiger partial charge in [-0.2, -0.15) is 39.5 Å². The minimum Gasteiger partial charge on any atom is -0.483 e. The van der Waals surface area contributed by atoms with Gasteiger partial charge in [-0.1, -0.05) is 23.7 Å². The van der Waals surface area contributed by atoms with Crippen LogP contribution in [0, 0.1) is 0 Å². The van der Waals surface area contributed by atoms with E-state index in [0.717, 1.165) is 6.92 Å². The van der Waals surface area contributed by atoms with Crippen molar-refractivity contribution in [2.75, 3.05) is 19.8 Å². The van der Waals surface area contributed by atoms with Crippen molar-refractivity contribution in [3.63, 3.8) is 0 Å². The number of nitrogens with one attached hydrogen (secondary N) is 2. The van der Waals surface area contributed by atoms with Crippen molar-refractivity contribution >= 4 is 29.2 Å². The molecule has 0 bridgehead atoms. The van der Waals surface area contributed by atoms with Gasteiger partial charge in [0, 0.05) is 12.1 Å². The molecule has 2 unspecified atom stereocenters. The Hall–Kier alpha value is -3.56. The molecule has 2 atom stereocenters. The zero-order chi connectivity index (χ0) is 32.0. The van der Waals surface area contributed by atoms with Crippen molar-refractivity contribution in [1.29, 1.82) is 0 Å². The maximum atomic E-state index is 15.0. The molecule has 2 amide bonds. The summed E-state index contributed by atoms with van der Waals surface area (Å²) in [7, 11) is 0. The fourth-order valence-electron chi connectivity index (χ4n) is 3.40. The van der Waals surface area contributed by atoms with Crippen LogP contribution in [0.5, 0.6) is 5.75 Å². The Morgan fingerprint density at radius 3 is 2.17 bits per heavy atom. The molecule has 0 radical (unpaired) electrons. The van der Waals surface area contributed by atoms with E-state index in [-0.39, 0.29) is 12.1 Å². The molecule has 2 aromatic carbocycles. The molecule has 2 aromatic rings. The number of rotatable bonds is 10. The summed E-state index contributed by atoms with van der Waals surface area (Å²) < 4.78 is 151. The highest BCUT2D eigenvalue weighted by Crippen LogP contribution is 2.41. The van der Waals surface area contributed by atoms with E-state index >= 15 is 0 Å². The molecule has 0 aliphatic rings. The lowest BCUT2D eigenvalue weighted by Crippen LogP contribution is -2.45. The van der Waals surface area contributed by atoms with Crippen molar-refractivity contribution in [2.45, 2.75) is 37.4 Å². The average Bonchev–Trinajstić information content (AvgIpc) is 2.87. The molecular formula is C25H20ClF11N2O3. The molecule has 0 aliphatic carbocycles. The smallest absolute Gasteiger partial charge is 0.422 e. The zero-order valence-corrected chi connectivity index (χ0v) is 21.8. The summed E-state index contributed by atoms with van der Waals surface area (Å²) in [5, 5.41) is 3.33. The Morgan fingerprint density at radius 1 is 1.00 bits per heavy atom. The molecule has 5 nitrogen and oxygen atoms in total. The Balaban J connectivity index is 2.44. The van der Waals surface area contributed by atoms with Crippen LogP contribution in [0.1, 0.15) is 39.9 Å². The normalized spacial score (nSPS) is 14.3. The molecule has 232 valence electrons. The summed E-state index contributed by atoms with van der Waals surface area (Å²) in [5.41, 5.74) is -4.60. The van der Waals surface area contributed by atoms with E-state index in [4.69, 9.17) is 11.6 Å². The Kier molecular flexibility index (Phi) is 11.2. The summed E-state index contributed by atoms with van der Waals surface area (Å²) in [4.78, 5) is 24.2. The molecule has 0 aromatic heterocycles. The number of hydrogen-bond acceptors (Lipinski definition) is 3. The van der Waals surface area contributed by atoms with E-state index in [9.17, 15) is 57.9 Å². The van der Waals surface area contributed by atoms with Crippen molar-refractivity contribution in [3.8, 4) is 5.75 Å². The highest BCUT2D eigenvalue weighted by molar-refractivity contribution is 6.32. The minimum atomic E-state index is -5.30. The maximum Gasteiger partial charge on any atom is 0.422 e. The van der Waals surface area contributed by atoms with Crippen molar-refractivity contribution in [2.24, 2.45) is 0 Å². The van der Waals surface area contributed by atoms with Gasteiger partial charge in [-0.25, -0.2) is 8.78 Å². The van der Waals surface area contributed by atoms with Gasteiger partial charge in [-0.15, -0.1) is 0 Å². The van der Waals surface area contributed by atoms with E-state index in [2.05, 4.69) is 10.1 Å². The van der Waals surface area contributed by atoms with Crippen LogP contribution in [-0.2, 0) is 11.0 Å². The first-order valence-electron chi connectivity index (χ1n) is 11.5. The zero-order valence-electron chi connectivity index (χ0n) is 21.1. The maximum absolute atomic E-state index is 15.0. The quantitative estimate of drug-likeness (QED) is 0.271. The van der Waals surface area contributed by atoms with Gasteiger partial charge in [0.2, 0.25) is 5.91 Å². The number of benzene rings is 2. The number of carbonyl (C=O) groups is 2. The number of allylic oxidation sites excluding steroid dienone is 1. The van der Waals surface area contributed by atoms with E-state index in [1.165, 1.54) is 0 Å². The summed E-state index contributed by atoms with van der Waals surface area (Å²) >= 11 is 5.73. The lowest BCUT2D eigenvalue weighted by atomic mass is 9.95. The van der Waals surface area contributed by atoms with Crippen LogP contribution < -0.4 is 15.4 Å². The van der Waals surface area contributed by atoms with E-state index in [1.807, 2.05) is 5.32 Å². The number of hydrogen-bond donors (Lipinski definition) is 2. The molecule has 2 rings (SSSR count). The number of halogens is 12. The molecule has 0 aliphatic heterocycles. The molecule has 0 spiro atoms. The average molecular weight is 641 g/mol. The third kappa shape index (κ3) is 9.77. The highest BCUT2D eigenvalue weighted by atomic mass is 35.5. The number of alkyl halides is 10. The van der Waals surface area contributed by atoms with E-state index in [0.29, 0.717) is 30.3 Å². The SMILES string of the molecule is CC(NC(=O)c1ccc(/C(F)=C/C(c2ccc(OCC(F)(F)F)c(Cl)c2)C(F)(F)F)cc1C(F)(F)F)C(=O)NCCF. The lowest BCUT2D eigenvalue weighted by Gasteiger charge is -2.20. The second kappa shape index (κ2) is 13.6. The molecule has 0 fully saturated rings. The predicted molar refractivity (Wildman–Crippen MR) is 128 cm³/mol. The molecule has 42 heavy (non-hydrogen) atoms. The second-order valence-corrected chi connectivity index (χ2v) is 8.97. The summed E-state index contributed by atoms with van der Waals surface area (Å²) in [6.07, 6.45) is -15.4. The van der Waals surface area contributed by atoms with Crippen molar-refractivity contribution < 1.29 is 62.6 Å². The van der Waals surface area contributed by atoms with Gasteiger partial charge in [-0.3, -0.25) is 9.59 Å². The van der Waals surface area contributed by atoms with Gasteiger partial charge >= 0.3 is 18.5 Å². The first-order chi connectivity index (χ1) is 19.2. The minimum absolute atomic E-state index is 0.0750. The Bertz CT molecular complexity index is 1310. The molecule has 2 N–H and O–H groups in total. The van der Waals surface area contributed by atoms with Gasteiger partial charge in [0.15, 0.2) is 6.61 Å². The van der Waals surface area contributed by atoms with Crippen LogP contribution in [0.15, 0.2) is 42.5 Å². The van der Waals surface area contributed by atoms with Gasteiger partial charge in [0.1, 0.15) is 30.2 Å². The van der Waals surface area contributed by atoms with Gasteiger partial charge in [0.25, 0.3) is 5.91 Å². The van der Waals surface area contributed by atoms with Crippen LogP contribution in [0.25, 0.3) is 5.83 Å². The standard InChI is InChI=1S/C25H20ClF11N2O3/c1-12(21(40)38-7-6-27)39-22(41)15-4-2-14(8-17(15)25(35,36)37)19(28)10-16(24(32,33)34)13-3-5-20(18(26)9-13)42-11-23(29,30)31/h2-5,8-10,12,16H,6-7,11H2,1H3,(H,38,40)(H,39,41)/b19-10-.